The van der Waals surface area contributed by atoms with Gasteiger partial charge in [0.05, 0.1) is 19.3 Å². The monoisotopic (exact) mass is 430 g/mol. The standard InChI is InChI=1S/C25H26N4O3/c1-31-16-18-5-9-20(10-6-18)24(21-11-7-19(8-12-21)17-32-2)29-15-13-23(30)27-25(29)22-4-3-14-26-28-22/h3-15,24-25H,16-17H2,1-2H3,(H,27,30). The molecule has 0 radical (unpaired) electrons. The quantitative estimate of drug-likeness (QED) is 0.590. The van der Waals surface area contributed by atoms with E-state index in [2.05, 4.69) is 68.9 Å². The molecule has 4 rings (SSSR count). The molecular weight excluding hydrogens is 404 g/mol. The number of carbonyl (C=O) groups is 1. The summed E-state index contributed by atoms with van der Waals surface area (Å²) in [4.78, 5) is 14.3. The first-order valence-electron chi connectivity index (χ1n) is 10.4. The van der Waals surface area contributed by atoms with Crippen molar-refractivity contribution < 1.29 is 14.3 Å². The zero-order valence-electron chi connectivity index (χ0n) is 18.1. The number of hydrogen-bond acceptors (Lipinski definition) is 6. The molecule has 2 aromatic carbocycles. The summed E-state index contributed by atoms with van der Waals surface area (Å²) < 4.78 is 10.5. The lowest BCUT2D eigenvalue weighted by atomic mass is 9.94. The average molecular weight is 431 g/mol. The summed E-state index contributed by atoms with van der Waals surface area (Å²) in [7, 11) is 3.37. The van der Waals surface area contributed by atoms with Crippen LogP contribution in [0.4, 0.5) is 0 Å². The smallest absolute Gasteiger partial charge is 0.247 e. The van der Waals surface area contributed by atoms with E-state index >= 15 is 0 Å². The molecule has 0 saturated carbocycles. The predicted molar refractivity (Wildman–Crippen MR) is 120 cm³/mol. The van der Waals surface area contributed by atoms with Crippen molar-refractivity contribution in [3.63, 3.8) is 0 Å². The van der Waals surface area contributed by atoms with Crippen LogP contribution in [0, 0.1) is 0 Å². The molecule has 1 N–H and O–H groups in total. The van der Waals surface area contributed by atoms with Crippen LogP contribution in [0.2, 0.25) is 0 Å². The molecule has 7 heteroatoms. The molecule has 1 unspecified atom stereocenters. The Kier molecular flexibility index (Phi) is 6.89. The molecule has 0 aliphatic carbocycles. The summed E-state index contributed by atoms with van der Waals surface area (Å²) in [5, 5.41) is 11.3. The van der Waals surface area contributed by atoms with E-state index in [-0.39, 0.29) is 11.9 Å². The van der Waals surface area contributed by atoms with Crippen molar-refractivity contribution in [2.24, 2.45) is 0 Å². The first-order chi connectivity index (χ1) is 15.7. The predicted octanol–water partition coefficient (Wildman–Crippen LogP) is 3.50. The number of benzene rings is 2. The molecule has 1 aromatic heterocycles. The number of nitrogens with zero attached hydrogens (tertiary/aromatic N) is 3. The number of ether oxygens (including phenoxy) is 2. The van der Waals surface area contributed by atoms with Gasteiger partial charge in [0.25, 0.3) is 0 Å². The molecule has 0 bridgehead atoms. The van der Waals surface area contributed by atoms with Crippen LogP contribution in [0.1, 0.15) is 40.2 Å². The number of hydrogen-bond donors (Lipinski definition) is 1. The van der Waals surface area contributed by atoms with Crippen LogP contribution in [0.5, 0.6) is 0 Å². The summed E-state index contributed by atoms with van der Waals surface area (Å²) in [5.41, 5.74) is 5.03. The van der Waals surface area contributed by atoms with Crippen LogP contribution in [0.3, 0.4) is 0 Å². The number of rotatable bonds is 8. The zero-order chi connectivity index (χ0) is 22.3. The highest BCUT2D eigenvalue weighted by atomic mass is 16.5. The van der Waals surface area contributed by atoms with Gasteiger partial charge in [0.15, 0.2) is 0 Å². The Morgan fingerprint density at radius 2 is 1.53 bits per heavy atom. The molecule has 7 nitrogen and oxygen atoms in total. The SMILES string of the molecule is COCc1ccc(C(c2ccc(COC)cc2)N2C=CC(=O)NC2c2cccnn2)cc1. The van der Waals surface area contributed by atoms with Gasteiger partial charge >= 0.3 is 0 Å². The van der Waals surface area contributed by atoms with Gasteiger partial charge in [0, 0.05) is 32.7 Å². The molecule has 1 aliphatic heterocycles. The van der Waals surface area contributed by atoms with Gasteiger partial charge < -0.3 is 19.7 Å². The summed E-state index contributed by atoms with van der Waals surface area (Å²) >= 11 is 0. The fourth-order valence-electron chi connectivity index (χ4n) is 3.88. The number of amides is 1. The highest BCUT2D eigenvalue weighted by Crippen LogP contribution is 2.36. The first kappa shape index (κ1) is 21.7. The van der Waals surface area contributed by atoms with Crippen LogP contribution >= 0.6 is 0 Å². The van der Waals surface area contributed by atoms with Crippen molar-refractivity contribution >= 4 is 5.91 Å². The average Bonchev–Trinajstić information content (AvgIpc) is 2.83. The molecule has 0 fully saturated rings. The fraction of sp³-hybridized carbons (Fsp3) is 0.240. The second-order valence-corrected chi connectivity index (χ2v) is 7.57. The number of methoxy groups -OCH3 is 2. The Bertz CT molecular complexity index is 1000. The lowest BCUT2D eigenvalue weighted by Crippen LogP contribution is -2.44. The van der Waals surface area contributed by atoms with E-state index in [1.807, 2.05) is 18.3 Å². The molecular formula is C25H26N4O3. The minimum absolute atomic E-state index is 0.160. The van der Waals surface area contributed by atoms with Crippen molar-refractivity contribution in [1.82, 2.24) is 20.4 Å². The Balaban J connectivity index is 1.78. The van der Waals surface area contributed by atoms with Crippen molar-refractivity contribution in [2.75, 3.05) is 14.2 Å². The van der Waals surface area contributed by atoms with E-state index in [4.69, 9.17) is 9.47 Å². The van der Waals surface area contributed by atoms with Crippen LogP contribution in [-0.2, 0) is 27.5 Å². The number of carbonyl (C=O) groups excluding carboxylic acids is 1. The van der Waals surface area contributed by atoms with Gasteiger partial charge in [-0.3, -0.25) is 4.79 Å². The van der Waals surface area contributed by atoms with Gasteiger partial charge in [-0.2, -0.15) is 10.2 Å². The molecule has 1 amide bonds. The number of aromatic nitrogens is 2. The Labute approximate surface area is 187 Å². The Morgan fingerprint density at radius 1 is 0.938 bits per heavy atom. The maximum atomic E-state index is 12.2. The molecule has 0 spiro atoms. The lowest BCUT2D eigenvalue weighted by Gasteiger charge is -2.39. The molecule has 3 aromatic rings. The molecule has 2 heterocycles. The Morgan fingerprint density at radius 3 is 2.03 bits per heavy atom. The minimum atomic E-state index is -0.455. The van der Waals surface area contributed by atoms with E-state index < -0.39 is 6.17 Å². The normalized spacial score (nSPS) is 15.8. The molecule has 1 atom stereocenters. The third kappa shape index (κ3) is 4.85. The maximum Gasteiger partial charge on any atom is 0.247 e. The van der Waals surface area contributed by atoms with Crippen LogP contribution in [0.15, 0.2) is 79.1 Å². The van der Waals surface area contributed by atoms with Gasteiger partial charge in [0.2, 0.25) is 5.91 Å². The third-order valence-electron chi connectivity index (χ3n) is 5.36. The van der Waals surface area contributed by atoms with Gasteiger partial charge in [-0.05, 0) is 34.4 Å². The van der Waals surface area contributed by atoms with Crippen LogP contribution in [-0.4, -0.2) is 35.2 Å². The van der Waals surface area contributed by atoms with E-state index in [0.717, 1.165) is 22.3 Å². The van der Waals surface area contributed by atoms with E-state index in [1.165, 1.54) is 0 Å². The summed E-state index contributed by atoms with van der Waals surface area (Å²) in [6.45, 7) is 1.11. The highest BCUT2D eigenvalue weighted by Gasteiger charge is 2.32. The molecule has 0 saturated heterocycles. The first-order valence-corrected chi connectivity index (χ1v) is 10.4. The van der Waals surface area contributed by atoms with E-state index in [9.17, 15) is 4.79 Å². The van der Waals surface area contributed by atoms with Crippen molar-refractivity contribution in [3.05, 3.63) is 107 Å². The van der Waals surface area contributed by atoms with E-state index in [0.29, 0.717) is 18.9 Å². The van der Waals surface area contributed by atoms with Gasteiger partial charge in [-0.15, -0.1) is 0 Å². The molecule has 32 heavy (non-hydrogen) atoms. The summed E-state index contributed by atoms with van der Waals surface area (Å²) in [6, 6.07) is 20.2. The van der Waals surface area contributed by atoms with Crippen LogP contribution < -0.4 is 5.32 Å². The van der Waals surface area contributed by atoms with Gasteiger partial charge in [-0.1, -0.05) is 48.5 Å². The van der Waals surface area contributed by atoms with Crippen LogP contribution in [0.25, 0.3) is 0 Å². The number of nitrogens with one attached hydrogen (secondary N) is 1. The van der Waals surface area contributed by atoms with Crippen molar-refractivity contribution in [1.29, 1.82) is 0 Å². The maximum absolute atomic E-state index is 12.2. The molecule has 1 aliphatic rings. The second-order valence-electron chi connectivity index (χ2n) is 7.57. The largest absolute Gasteiger partial charge is 0.380 e. The second kappa shape index (κ2) is 10.2. The van der Waals surface area contributed by atoms with Gasteiger partial charge in [0.1, 0.15) is 11.9 Å². The van der Waals surface area contributed by atoms with Gasteiger partial charge in [-0.25, -0.2) is 0 Å². The third-order valence-corrected chi connectivity index (χ3v) is 5.36. The Hall–Kier alpha value is -3.55. The fourth-order valence-corrected chi connectivity index (χ4v) is 3.88. The highest BCUT2D eigenvalue weighted by molar-refractivity contribution is 5.88. The van der Waals surface area contributed by atoms with Crippen molar-refractivity contribution in [3.8, 4) is 0 Å². The van der Waals surface area contributed by atoms with Crippen molar-refractivity contribution in [2.45, 2.75) is 25.4 Å². The zero-order valence-corrected chi connectivity index (χ0v) is 18.1. The summed E-state index contributed by atoms with van der Waals surface area (Å²) in [6.07, 6.45) is 4.53. The lowest BCUT2D eigenvalue weighted by molar-refractivity contribution is -0.119. The topological polar surface area (TPSA) is 76.6 Å². The molecule has 164 valence electrons. The summed E-state index contributed by atoms with van der Waals surface area (Å²) in [5.74, 6) is -0.165. The van der Waals surface area contributed by atoms with E-state index in [1.54, 1.807) is 26.5 Å². The minimum Gasteiger partial charge on any atom is -0.380 e.